The van der Waals surface area contributed by atoms with E-state index in [0.717, 1.165) is 16.8 Å². The van der Waals surface area contributed by atoms with Crippen molar-refractivity contribution >= 4 is 5.69 Å². The summed E-state index contributed by atoms with van der Waals surface area (Å²) in [4.78, 5) is 17.3. The molecule has 0 amide bonds. The number of benzene rings is 3. The second kappa shape index (κ2) is 7.60. The van der Waals surface area contributed by atoms with E-state index >= 15 is 0 Å². The number of nitrogens with zero attached hydrogens (tertiary/aromatic N) is 3. The van der Waals surface area contributed by atoms with Crippen LogP contribution in [0.1, 0.15) is 18.9 Å². The number of hydrogen-bond donors (Lipinski definition) is 2. The Balaban J connectivity index is 1.62. The molecule has 0 aliphatic carbocycles. The van der Waals surface area contributed by atoms with Crippen LogP contribution in [0.3, 0.4) is 0 Å². The SMILES string of the molecule is CC1(CCc2ccc(O)cc2)Nc2ccccc2-c2nc(=O)c(-c3ccc(F)cc3)nn21. The van der Waals surface area contributed by atoms with Gasteiger partial charge in [-0.3, -0.25) is 4.79 Å². The fraction of sp³-hybridized carbons (Fsp3) is 0.160. The maximum Gasteiger partial charge on any atom is 0.300 e. The fourth-order valence-electron chi connectivity index (χ4n) is 4.04. The molecule has 0 spiro atoms. The van der Waals surface area contributed by atoms with Gasteiger partial charge in [-0.25, -0.2) is 9.07 Å². The second-order valence-electron chi connectivity index (χ2n) is 8.12. The number of halogens is 1. The van der Waals surface area contributed by atoms with Crippen molar-refractivity contribution in [2.45, 2.75) is 25.4 Å². The molecule has 0 saturated heterocycles. The van der Waals surface area contributed by atoms with Crippen LogP contribution in [0.4, 0.5) is 10.1 Å². The van der Waals surface area contributed by atoms with Gasteiger partial charge < -0.3 is 10.4 Å². The van der Waals surface area contributed by atoms with E-state index in [9.17, 15) is 14.3 Å². The van der Waals surface area contributed by atoms with Crippen LogP contribution < -0.4 is 10.9 Å². The van der Waals surface area contributed by atoms with Crippen LogP contribution in [0.5, 0.6) is 5.75 Å². The van der Waals surface area contributed by atoms with Crippen LogP contribution in [0.25, 0.3) is 22.6 Å². The van der Waals surface area contributed by atoms with Crippen LogP contribution in [0, 0.1) is 5.82 Å². The lowest BCUT2D eigenvalue weighted by atomic mass is 9.97. The van der Waals surface area contributed by atoms with Crippen molar-refractivity contribution in [1.29, 1.82) is 0 Å². The van der Waals surface area contributed by atoms with Crippen LogP contribution in [0.15, 0.2) is 77.6 Å². The highest BCUT2D eigenvalue weighted by Crippen LogP contribution is 2.38. The lowest BCUT2D eigenvalue weighted by Gasteiger charge is -2.39. The Kier molecular flexibility index (Phi) is 4.74. The molecule has 0 bridgehead atoms. The normalized spacial score (nSPS) is 16.7. The molecule has 0 saturated carbocycles. The number of aromatic nitrogens is 3. The average Bonchev–Trinajstić information content (AvgIpc) is 2.79. The lowest BCUT2D eigenvalue weighted by Crippen LogP contribution is -2.45. The molecule has 6 nitrogen and oxygen atoms in total. The van der Waals surface area contributed by atoms with Gasteiger partial charge in [0.15, 0.2) is 11.5 Å². The molecular formula is C25H21FN4O2. The van der Waals surface area contributed by atoms with Crippen molar-refractivity contribution in [3.8, 4) is 28.4 Å². The summed E-state index contributed by atoms with van der Waals surface area (Å²) < 4.78 is 15.2. The van der Waals surface area contributed by atoms with Gasteiger partial charge in [-0.1, -0.05) is 24.3 Å². The number of fused-ring (bicyclic) bond motifs is 3. The Labute approximate surface area is 184 Å². The highest BCUT2D eigenvalue weighted by molar-refractivity contribution is 5.76. The van der Waals surface area contributed by atoms with Gasteiger partial charge in [-0.2, -0.15) is 10.1 Å². The van der Waals surface area contributed by atoms with Crippen molar-refractivity contribution in [1.82, 2.24) is 14.8 Å². The highest BCUT2D eigenvalue weighted by atomic mass is 19.1. The summed E-state index contributed by atoms with van der Waals surface area (Å²) in [5.74, 6) is 0.333. The van der Waals surface area contributed by atoms with Gasteiger partial charge in [-0.15, -0.1) is 0 Å². The minimum atomic E-state index is -0.670. The number of hydrogen-bond acceptors (Lipinski definition) is 5. The molecule has 4 aromatic rings. The first-order valence-electron chi connectivity index (χ1n) is 10.4. The first-order valence-corrected chi connectivity index (χ1v) is 10.4. The molecule has 2 heterocycles. The number of aromatic hydroxyl groups is 1. The van der Waals surface area contributed by atoms with Crippen LogP contribution in [-0.2, 0) is 12.1 Å². The van der Waals surface area contributed by atoms with E-state index in [2.05, 4.69) is 10.3 Å². The monoisotopic (exact) mass is 428 g/mol. The minimum absolute atomic E-state index is 0.172. The van der Waals surface area contributed by atoms with Crippen LogP contribution in [0.2, 0.25) is 0 Å². The molecule has 3 aromatic carbocycles. The predicted octanol–water partition coefficient (Wildman–Crippen LogP) is 4.55. The maximum absolute atomic E-state index is 13.4. The number of rotatable bonds is 4. The third-order valence-electron chi connectivity index (χ3n) is 5.80. The third-order valence-corrected chi connectivity index (χ3v) is 5.80. The summed E-state index contributed by atoms with van der Waals surface area (Å²) in [5.41, 5.74) is 2.30. The molecule has 5 rings (SSSR count). The summed E-state index contributed by atoms with van der Waals surface area (Å²) >= 11 is 0. The zero-order valence-corrected chi connectivity index (χ0v) is 17.4. The van der Waals surface area contributed by atoms with Crippen molar-refractivity contribution in [3.05, 3.63) is 94.5 Å². The minimum Gasteiger partial charge on any atom is -0.508 e. The molecule has 1 aliphatic heterocycles. The summed E-state index contributed by atoms with van der Waals surface area (Å²) in [5, 5.41) is 17.8. The molecule has 0 fully saturated rings. The Hall–Kier alpha value is -4.00. The largest absolute Gasteiger partial charge is 0.508 e. The number of phenols is 1. The third kappa shape index (κ3) is 3.51. The molecule has 1 aliphatic rings. The first kappa shape index (κ1) is 19.9. The molecular weight excluding hydrogens is 407 g/mol. The molecule has 1 unspecified atom stereocenters. The Morgan fingerprint density at radius 2 is 1.75 bits per heavy atom. The van der Waals surface area contributed by atoms with Crippen LogP contribution >= 0.6 is 0 Å². The Morgan fingerprint density at radius 3 is 2.50 bits per heavy atom. The topological polar surface area (TPSA) is 80.0 Å². The highest BCUT2D eigenvalue weighted by Gasteiger charge is 2.36. The van der Waals surface area contributed by atoms with Crippen molar-refractivity contribution < 1.29 is 9.50 Å². The number of para-hydroxylation sites is 1. The van der Waals surface area contributed by atoms with Gasteiger partial charge in [0.2, 0.25) is 0 Å². The smallest absolute Gasteiger partial charge is 0.300 e. The van der Waals surface area contributed by atoms with E-state index in [1.807, 2.05) is 43.3 Å². The molecule has 1 atom stereocenters. The van der Waals surface area contributed by atoms with Gasteiger partial charge in [0.1, 0.15) is 17.2 Å². The predicted molar refractivity (Wildman–Crippen MR) is 121 cm³/mol. The number of aryl methyl sites for hydroxylation is 1. The van der Waals surface area contributed by atoms with Gasteiger partial charge in [-0.05, 0) is 73.9 Å². The first-order chi connectivity index (χ1) is 15.4. The Morgan fingerprint density at radius 1 is 1.03 bits per heavy atom. The fourth-order valence-corrected chi connectivity index (χ4v) is 4.04. The van der Waals surface area contributed by atoms with Crippen molar-refractivity contribution in [2.24, 2.45) is 0 Å². The second-order valence-corrected chi connectivity index (χ2v) is 8.12. The molecule has 32 heavy (non-hydrogen) atoms. The molecule has 7 heteroatoms. The van der Waals surface area contributed by atoms with E-state index in [1.165, 1.54) is 24.3 Å². The summed E-state index contributed by atoms with van der Waals surface area (Å²) in [7, 11) is 0. The Bertz CT molecular complexity index is 1350. The number of anilines is 1. The molecule has 160 valence electrons. The zero-order chi connectivity index (χ0) is 22.3. The quantitative estimate of drug-likeness (QED) is 0.499. The number of phenolic OH excluding ortho intramolecular Hbond substituents is 1. The summed E-state index contributed by atoms with van der Waals surface area (Å²) in [6, 6.07) is 20.5. The molecule has 2 N–H and O–H groups in total. The van der Waals surface area contributed by atoms with E-state index in [0.29, 0.717) is 24.2 Å². The number of nitrogens with one attached hydrogen (secondary N) is 1. The summed E-state index contributed by atoms with van der Waals surface area (Å²) in [6.45, 7) is 2.01. The van der Waals surface area contributed by atoms with E-state index < -0.39 is 11.2 Å². The van der Waals surface area contributed by atoms with Gasteiger partial charge in [0, 0.05) is 16.8 Å². The maximum atomic E-state index is 13.4. The lowest BCUT2D eigenvalue weighted by molar-refractivity contribution is 0.300. The summed E-state index contributed by atoms with van der Waals surface area (Å²) in [6.07, 6.45) is 1.37. The van der Waals surface area contributed by atoms with Crippen molar-refractivity contribution in [2.75, 3.05) is 5.32 Å². The van der Waals surface area contributed by atoms with Crippen LogP contribution in [-0.4, -0.2) is 19.9 Å². The van der Waals surface area contributed by atoms with Gasteiger partial charge in [0.25, 0.3) is 5.56 Å². The van der Waals surface area contributed by atoms with Gasteiger partial charge >= 0.3 is 0 Å². The standard InChI is InChI=1S/C25H21FN4O2/c1-25(15-14-16-6-12-19(31)13-7-16)28-21-5-3-2-4-20(21)23-27-24(32)22(29-30(23)25)17-8-10-18(26)11-9-17/h2-13,28,31H,14-15H2,1H3. The molecule has 0 radical (unpaired) electrons. The average molecular weight is 428 g/mol. The van der Waals surface area contributed by atoms with E-state index in [1.54, 1.807) is 16.8 Å². The zero-order valence-electron chi connectivity index (χ0n) is 17.4. The van der Waals surface area contributed by atoms with E-state index in [4.69, 9.17) is 5.10 Å². The molecule has 1 aromatic heterocycles. The van der Waals surface area contributed by atoms with Crippen molar-refractivity contribution in [3.63, 3.8) is 0 Å². The van der Waals surface area contributed by atoms with Gasteiger partial charge in [0.05, 0.1) is 0 Å². The van der Waals surface area contributed by atoms with E-state index in [-0.39, 0.29) is 17.3 Å².